The Morgan fingerprint density at radius 2 is 1.62 bits per heavy atom. The maximum Gasteiger partial charge on any atom is 0.409 e. The molecule has 0 radical (unpaired) electrons. The number of likely N-dealkylation sites (tertiary alicyclic amines) is 1. The van der Waals surface area contributed by atoms with Crippen LogP contribution in [0.1, 0.15) is 17.0 Å². The van der Waals surface area contributed by atoms with Crippen molar-refractivity contribution in [3.8, 4) is 23.0 Å². The zero-order valence-electron chi connectivity index (χ0n) is 14.0. The molecule has 0 saturated carbocycles. The van der Waals surface area contributed by atoms with Crippen LogP contribution in [0.4, 0.5) is 4.79 Å². The van der Waals surface area contributed by atoms with Crippen molar-refractivity contribution in [3.05, 3.63) is 59.7 Å². The lowest BCUT2D eigenvalue weighted by Gasteiger charge is -2.35. The molecule has 1 N–H and O–H groups in total. The Morgan fingerprint density at radius 1 is 1.04 bits per heavy atom. The molecule has 1 saturated heterocycles. The molecule has 26 heavy (non-hydrogen) atoms. The molecule has 4 rings (SSSR count). The molecule has 2 aliphatic rings. The average Bonchev–Trinajstić information content (AvgIpc) is 2.92. The number of nitrogens with zero attached hydrogens (tertiary/aromatic N) is 1. The van der Waals surface area contributed by atoms with Crippen LogP contribution in [0.2, 0.25) is 0 Å². The summed E-state index contributed by atoms with van der Waals surface area (Å²) in [6, 6.07) is 16.4. The number of benzene rings is 2. The molecule has 0 bridgehead atoms. The third-order valence-electron chi connectivity index (χ3n) is 4.86. The normalized spacial score (nSPS) is 15.3. The highest BCUT2D eigenvalue weighted by Gasteiger charge is 2.33. The van der Waals surface area contributed by atoms with Gasteiger partial charge in [-0.3, -0.25) is 0 Å². The van der Waals surface area contributed by atoms with E-state index in [4.69, 9.17) is 9.84 Å². The molecule has 1 amide bonds. The molecular formula is C21H17NO4. The van der Waals surface area contributed by atoms with E-state index in [1.54, 1.807) is 4.90 Å². The molecule has 0 spiro atoms. The Kier molecular flexibility index (Phi) is 4.10. The summed E-state index contributed by atoms with van der Waals surface area (Å²) in [5.74, 6) is 3.52. The van der Waals surface area contributed by atoms with E-state index in [2.05, 4.69) is 36.1 Å². The highest BCUT2D eigenvalue weighted by molar-refractivity contribution is 5.86. The zero-order chi connectivity index (χ0) is 18.1. The first-order chi connectivity index (χ1) is 12.6. The van der Waals surface area contributed by atoms with Crippen LogP contribution in [-0.2, 0) is 9.53 Å². The lowest BCUT2D eigenvalue weighted by molar-refractivity contribution is -0.130. The molecule has 5 heteroatoms. The van der Waals surface area contributed by atoms with Crippen LogP contribution in [0.5, 0.6) is 0 Å². The van der Waals surface area contributed by atoms with Crippen molar-refractivity contribution >= 4 is 12.1 Å². The molecule has 1 aliphatic heterocycles. The first-order valence-corrected chi connectivity index (χ1v) is 8.48. The Balaban J connectivity index is 1.41. The van der Waals surface area contributed by atoms with Crippen molar-refractivity contribution < 1.29 is 19.4 Å². The van der Waals surface area contributed by atoms with Crippen LogP contribution in [0, 0.1) is 17.8 Å². The average molecular weight is 347 g/mol. The molecule has 2 aromatic carbocycles. The van der Waals surface area contributed by atoms with E-state index in [0.717, 1.165) is 0 Å². The molecule has 5 nitrogen and oxygen atoms in total. The third-order valence-corrected chi connectivity index (χ3v) is 4.86. The van der Waals surface area contributed by atoms with Crippen molar-refractivity contribution in [2.24, 2.45) is 5.92 Å². The fraction of sp³-hybridized carbons (Fsp3) is 0.238. The van der Waals surface area contributed by atoms with Crippen LogP contribution in [0.3, 0.4) is 0 Å². The van der Waals surface area contributed by atoms with Crippen LogP contribution in [-0.4, -0.2) is 41.8 Å². The van der Waals surface area contributed by atoms with E-state index < -0.39 is 5.97 Å². The first kappa shape index (κ1) is 16.2. The van der Waals surface area contributed by atoms with E-state index in [1.807, 2.05) is 24.3 Å². The van der Waals surface area contributed by atoms with Gasteiger partial charge in [0.15, 0.2) is 0 Å². The second kappa shape index (κ2) is 6.57. The predicted octanol–water partition coefficient (Wildman–Crippen LogP) is 2.96. The highest BCUT2D eigenvalue weighted by Crippen LogP contribution is 2.44. The van der Waals surface area contributed by atoms with E-state index in [1.165, 1.54) is 22.3 Å². The predicted molar refractivity (Wildman–Crippen MR) is 95.5 cm³/mol. The summed E-state index contributed by atoms with van der Waals surface area (Å²) in [7, 11) is 0. The second-order valence-corrected chi connectivity index (χ2v) is 6.48. The monoisotopic (exact) mass is 347 g/mol. The van der Waals surface area contributed by atoms with Gasteiger partial charge < -0.3 is 14.7 Å². The van der Waals surface area contributed by atoms with Gasteiger partial charge in [-0.25, -0.2) is 9.59 Å². The Morgan fingerprint density at radius 3 is 2.19 bits per heavy atom. The molecule has 1 heterocycles. The summed E-state index contributed by atoms with van der Waals surface area (Å²) in [6.45, 7) is 1.11. The topological polar surface area (TPSA) is 66.8 Å². The summed E-state index contributed by atoms with van der Waals surface area (Å²) in [5.41, 5.74) is 4.74. The van der Waals surface area contributed by atoms with E-state index in [-0.39, 0.29) is 24.5 Å². The Hall–Kier alpha value is -3.26. The maximum absolute atomic E-state index is 12.2. The molecule has 130 valence electrons. The van der Waals surface area contributed by atoms with Gasteiger partial charge in [0.05, 0.1) is 5.92 Å². The maximum atomic E-state index is 12.2. The number of hydrogen-bond acceptors (Lipinski definition) is 3. The molecule has 1 aliphatic carbocycles. The minimum Gasteiger partial charge on any atom is -0.472 e. The van der Waals surface area contributed by atoms with Crippen LogP contribution in [0.25, 0.3) is 11.1 Å². The summed E-state index contributed by atoms with van der Waals surface area (Å²) in [6.07, 6.45) is -0.375. The van der Waals surface area contributed by atoms with Gasteiger partial charge in [-0.15, -0.1) is 0 Å². The van der Waals surface area contributed by atoms with Crippen molar-refractivity contribution in [3.63, 3.8) is 0 Å². The van der Waals surface area contributed by atoms with Gasteiger partial charge >= 0.3 is 12.1 Å². The minimum atomic E-state index is -1.15. The van der Waals surface area contributed by atoms with Crippen LogP contribution < -0.4 is 0 Å². The Labute approximate surface area is 151 Å². The fourth-order valence-electron chi connectivity index (χ4n) is 3.57. The van der Waals surface area contributed by atoms with Gasteiger partial charge in [0.25, 0.3) is 0 Å². The number of carboxylic acid groups (broad SMARTS) is 1. The number of fused-ring (bicyclic) bond motifs is 3. The molecular weight excluding hydrogens is 330 g/mol. The summed E-state index contributed by atoms with van der Waals surface area (Å²) in [5, 5.41) is 8.54. The number of rotatable bonds is 2. The smallest absolute Gasteiger partial charge is 0.409 e. The third kappa shape index (κ3) is 2.91. The molecule has 1 fully saturated rings. The van der Waals surface area contributed by atoms with Crippen molar-refractivity contribution in [1.29, 1.82) is 0 Å². The number of carbonyl (C=O) groups is 2. The van der Waals surface area contributed by atoms with Gasteiger partial charge in [-0.05, 0) is 22.3 Å². The molecule has 2 aromatic rings. The summed E-state index contributed by atoms with van der Waals surface area (Å²) < 4.78 is 5.54. The molecule has 0 atom stereocenters. The van der Waals surface area contributed by atoms with E-state index in [9.17, 15) is 9.59 Å². The van der Waals surface area contributed by atoms with Gasteiger partial charge in [0, 0.05) is 24.9 Å². The quantitative estimate of drug-likeness (QED) is 0.848. The number of hydrogen-bond donors (Lipinski definition) is 1. The number of carboxylic acids is 1. The van der Waals surface area contributed by atoms with Gasteiger partial charge in [0.1, 0.15) is 6.61 Å². The SMILES string of the molecule is O=C(O)C#CC1CN(C(=O)OCC2c3ccccc3-c3ccccc32)C1. The lowest BCUT2D eigenvalue weighted by Crippen LogP contribution is -2.49. The van der Waals surface area contributed by atoms with E-state index >= 15 is 0 Å². The Bertz CT molecular complexity index is 889. The second-order valence-electron chi connectivity index (χ2n) is 6.48. The van der Waals surface area contributed by atoms with Crippen LogP contribution in [0.15, 0.2) is 48.5 Å². The van der Waals surface area contributed by atoms with E-state index in [0.29, 0.717) is 13.1 Å². The number of ether oxygens (including phenoxy) is 1. The van der Waals surface area contributed by atoms with Gasteiger partial charge in [-0.1, -0.05) is 54.5 Å². The lowest BCUT2D eigenvalue weighted by atomic mass is 9.98. The summed E-state index contributed by atoms with van der Waals surface area (Å²) >= 11 is 0. The van der Waals surface area contributed by atoms with Crippen molar-refractivity contribution in [1.82, 2.24) is 4.90 Å². The summed E-state index contributed by atoms with van der Waals surface area (Å²) in [4.78, 5) is 24.2. The first-order valence-electron chi connectivity index (χ1n) is 8.48. The number of aliphatic carboxylic acids is 1. The molecule has 0 unspecified atom stereocenters. The zero-order valence-corrected chi connectivity index (χ0v) is 14.0. The largest absolute Gasteiger partial charge is 0.472 e. The number of carbonyl (C=O) groups excluding carboxylic acids is 1. The minimum absolute atomic E-state index is 0.0372. The van der Waals surface area contributed by atoms with Gasteiger partial charge in [0.2, 0.25) is 0 Å². The number of amides is 1. The fourth-order valence-corrected chi connectivity index (χ4v) is 3.57. The highest BCUT2D eigenvalue weighted by atomic mass is 16.6. The van der Waals surface area contributed by atoms with Crippen molar-refractivity contribution in [2.45, 2.75) is 5.92 Å². The standard InChI is InChI=1S/C21H17NO4/c23-20(24)10-9-14-11-22(12-14)21(25)26-13-19-17-7-3-1-5-15(17)16-6-2-4-8-18(16)19/h1-8,14,19H,11-13H2,(H,23,24). The van der Waals surface area contributed by atoms with Crippen LogP contribution >= 0.6 is 0 Å². The van der Waals surface area contributed by atoms with Gasteiger partial charge in [-0.2, -0.15) is 0 Å². The van der Waals surface area contributed by atoms with Crippen molar-refractivity contribution in [2.75, 3.05) is 19.7 Å². The molecule has 0 aromatic heterocycles.